The Morgan fingerprint density at radius 2 is 1.31 bits per heavy atom. The SMILES string of the molecule is CCOc1ccc([C@H]2c3cc(OCC)c(OCC)cc3CC(=O)N2c2ccc(Cl)cc2)cc1OCC. The zero-order valence-corrected chi connectivity index (χ0v) is 21.9. The summed E-state index contributed by atoms with van der Waals surface area (Å²) in [4.78, 5) is 15.5. The van der Waals surface area contributed by atoms with Crippen LogP contribution < -0.4 is 23.8 Å². The van der Waals surface area contributed by atoms with Gasteiger partial charge in [-0.15, -0.1) is 0 Å². The highest BCUT2D eigenvalue weighted by molar-refractivity contribution is 6.30. The van der Waals surface area contributed by atoms with E-state index in [1.807, 2.05) is 75.1 Å². The van der Waals surface area contributed by atoms with E-state index in [1.165, 1.54) is 0 Å². The molecule has 0 aliphatic carbocycles. The second-order valence-electron chi connectivity index (χ2n) is 8.26. The van der Waals surface area contributed by atoms with Gasteiger partial charge < -0.3 is 23.8 Å². The van der Waals surface area contributed by atoms with Gasteiger partial charge in [0.25, 0.3) is 0 Å². The lowest BCUT2D eigenvalue weighted by Gasteiger charge is -2.38. The number of hydrogen-bond acceptors (Lipinski definition) is 5. The number of ether oxygens (including phenoxy) is 4. The van der Waals surface area contributed by atoms with Crippen LogP contribution in [-0.4, -0.2) is 32.3 Å². The maximum atomic E-state index is 13.7. The van der Waals surface area contributed by atoms with Crippen molar-refractivity contribution in [3.8, 4) is 23.0 Å². The van der Waals surface area contributed by atoms with Crippen LogP contribution in [0.3, 0.4) is 0 Å². The Balaban J connectivity index is 1.93. The lowest BCUT2D eigenvalue weighted by Crippen LogP contribution is -2.41. The van der Waals surface area contributed by atoms with Crippen LogP contribution in [0.15, 0.2) is 54.6 Å². The highest BCUT2D eigenvalue weighted by Crippen LogP contribution is 2.45. The molecule has 3 aromatic carbocycles. The quantitative estimate of drug-likeness (QED) is 0.307. The van der Waals surface area contributed by atoms with Gasteiger partial charge in [0.05, 0.1) is 38.9 Å². The second kappa shape index (κ2) is 11.6. The molecule has 4 rings (SSSR count). The van der Waals surface area contributed by atoms with Gasteiger partial charge in [0.15, 0.2) is 23.0 Å². The summed E-state index contributed by atoms with van der Waals surface area (Å²) >= 11 is 6.16. The fourth-order valence-electron chi connectivity index (χ4n) is 4.55. The third kappa shape index (κ3) is 5.24. The van der Waals surface area contributed by atoms with Crippen molar-refractivity contribution >= 4 is 23.2 Å². The molecule has 190 valence electrons. The molecule has 0 bridgehead atoms. The van der Waals surface area contributed by atoms with E-state index >= 15 is 0 Å². The smallest absolute Gasteiger partial charge is 0.232 e. The number of hydrogen-bond donors (Lipinski definition) is 0. The van der Waals surface area contributed by atoms with Gasteiger partial charge in [0, 0.05) is 10.7 Å². The van der Waals surface area contributed by atoms with Crippen LogP contribution in [0, 0.1) is 0 Å². The van der Waals surface area contributed by atoms with Crippen molar-refractivity contribution in [3.05, 3.63) is 76.3 Å². The van der Waals surface area contributed by atoms with Crippen LogP contribution in [-0.2, 0) is 11.2 Å². The minimum atomic E-state index is -0.410. The van der Waals surface area contributed by atoms with Gasteiger partial charge in [-0.2, -0.15) is 0 Å². The minimum Gasteiger partial charge on any atom is -0.490 e. The number of halogens is 1. The van der Waals surface area contributed by atoms with Crippen molar-refractivity contribution in [1.29, 1.82) is 0 Å². The molecule has 6 nitrogen and oxygen atoms in total. The molecule has 0 saturated carbocycles. The molecule has 3 aromatic rings. The van der Waals surface area contributed by atoms with Crippen LogP contribution in [0.25, 0.3) is 0 Å². The van der Waals surface area contributed by atoms with Crippen LogP contribution in [0.4, 0.5) is 5.69 Å². The highest BCUT2D eigenvalue weighted by atomic mass is 35.5. The van der Waals surface area contributed by atoms with E-state index in [1.54, 1.807) is 12.1 Å². The molecule has 0 N–H and O–H groups in total. The summed E-state index contributed by atoms with van der Waals surface area (Å²) in [6, 6.07) is 16.7. The van der Waals surface area contributed by atoms with E-state index in [0.717, 1.165) is 22.4 Å². The predicted molar refractivity (Wildman–Crippen MR) is 142 cm³/mol. The molecule has 1 amide bonds. The first-order valence-electron chi connectivity index (χ1n) is 12.4. The fraction of sp³-hybridized carbons (Fsp3) is 0.345. The second-order valence-corrected chi connectivity index (χ2v) is 8.69. The molecule has 0 spiro atoms. The van der Waals surface area contributed by atoms with Crippen LogP contribution in [0.2, 0.25) is 5.02 Å². The van der Waals surface area contributed by atoms with Crippen molar-refractivity contribution < 1.29 is 23.7 Å². The summed E-state index contributed by atoms with van der Waals surface area (Å²) in [5.41, 5.74) is 3.55. The maximum absolute atomic E-state index is 13.7. The summed E-state index contributed by atoms with van der Waals surface area (Å²) in [6.45, 7) is 9.77. The van der Waals surface area contributed by atoms with E-state index in [4.69, 9.17) is 30.5 Å². The lowest BCUT2D eigenvalue weighted by atomic mass is 9.86. The number of benzene rings is 3. The standard InChI is InChI=1S/C29H32ClNO5/c1-5-33-24-14-9-19(15-25(24)34-6-2)29-23-18-27(36-8-4)26(35-7-3)16-20(23)17-28(32)31(29)22-12-10-21(30)11-13-22/h9-16,18,29H,5-8,17H2,1-4H3/t29-/m0/s1. The van der Waals surface area contributed by atoms with Gasteiger partial charge in [0.1, 0.15) is 0 Å². The molecule has 0 saturated heterocycles. The molecule has 36 heavy (non-hydrogen) atoms. The Bertz CT molecular complexity index is 1210. The monoisotopic (exact) mass is 509 g/mol. The number of nitrogens with zero attached hydrogens (tertiary/aromatic N) is 1. The van der Waals surface area contributed by atoms with E-state index in [9.17, 15) is 4.79 Å². The summed E-state index contributed by atoms with van der Waals surface area (Å²) in [5, 5.41) is 0.611. The van der Waals surface area contributed by atoms with Crippen molar-refractivity contribution in [2.24, 2.45) is 0 Å². The van der Waals surface area contributed by atoms with E-state index in [2.05, 4.69) is 0 Å². The molecule has 0 aromatic heterocycles. The molecule has 1 aliphatic rings. The average Bonchev–Trinajstić information content (AvgIpc) is 2.86. The zero-order valence-electron chi connectivity index (χ0n) is 21.2. The van der Waals surface area contributed by atoms with Crippen molar-refractivity contribution in [2.45, 2.75) is 40.2 Å². The third-order valence-corrected chi connectivity index (χ3v) is 6.21. The Labute approximate surface area is 217 Å². The number of carbonyl (C=O) groups excluding carboxylic acids is 1. The number of anilines is 1. The summed E-state index contributed by atoms with van der Waals surface area (Å²) in [6.07, 6.45) is 0.246. The number of rotatable bonds is 10. The number of amides is 1. The highest BCUT2D eigenvalue weighted by Gasteiger charge is 2.36. The molecule has 1 heterocycles. The van der Waals surface area contributed by atoms with Crippen LogP contribution in [0.5, 0.6) is 23.0 Å². The molecule has 0 fully saturated rings. The van der Waals surface area contributed by atoms with E-state index < -0.39 is 6.04 Å². The molecule has 1 aliphatic heterocycles. The number of fused-ring (bicyclic) bond motifs is 1. The normalized spacial score (nSPS) is 14.9. The Hall–Kier alpha value is -3.38. The molecular weight excluding hydrogens is 478 g/mol. The third-order valence-electron chi connectivity index (χ3n) is 5.96. The Kier molecular flexibility index (Phi) is 8.26. The first kappa shape index (κ1) is 25.7. The predicted octanol–water partition coefficient (Wildman–Crippen LogP) is 6.61. The fourth-order valence-corrected chi connectivity index (χ4v) is 4.68. The Morgan fingerprint density at radius 3 is 1.92 bits per heavy atom. The van der Waals surface area contributed by atoms with Crippen LogP contribution >= 0.6 is 11.6 Å². The van der Waals surface area contributed by atoms with Gasteiger partial charge in [-0.1, -0.05) is 17.7 Å². The largest absolute Gasteiger partial charge is 0.490 e. The maximum Gasteiger partial charge on any atom is 0.232 e. The van der Waals surface area contributed by atoms with Gasteiger partial charge in [0.2, 0.25) is 5.91 Å². The molecule has 0 unspecified atom stereocenters. The van der Waals surface area contributed by atoms with E-state index in [0.29, 0.717) is 54.4 Å². The topological polar surface area (TPSA) is 57.2 Å². The molecular formula is C29H32ClNO5. The van der Waals surface area contributed by atoms with Crippen molar-refractivity contribution in [3.63, 3.8) is 0 Å². The Morgan fingerprint density at radius 1 is 0.750 bits per heavy atom. The zero-order chi connectivity index (χ0) is 25.7. The number of carbonyl (C=O) groups is 1. The first-order chi connectivity index (χ1) is 17.5. The van der Waals surface area contributed by atoms with Gasteiger partial charge >= 0.3 is 0 Å². The average molecular weight is 510 g/mol. The van der Waals surface area contributed by atoms with Gasteiger partial charge in [-0.3, -0.25) is 4.79 Å². The first-order valence-corrected chi connectivity index (χ1v) is 12.8. The van der Waals surface area contributed by atoms with Crippen molar-refractivity contribution in [1.82, 2.24) is 0 Å². The summed E-state index contributed by atoms with van der Waals surface area (Å²) in [7, 11) is 0. The van der Waals surface area contributed by atoms with Gasteiger partial charge in [-0.25, -0.2) is 0 Å². The lowest BCUT2D eigenvalue weighted by molar-refractivity contribution is -0.118. The molecule has 0 radical (unpaired) electrons. The minimum absolute atomic E-state index is 0.0201. The van der Waals surface area contributed by atoms with Crippen molar-refractivity contribution in [2.75, 3.05) is 31.3 Å². The summed E-state index contributed by atoms with van der Waals surface area (Å²) < 4.78 is 23.5. The summed E-state index contributed by atoms with van der Waals surface area (Å²) in [5.74, 6) is 2.60. The van der Waals surface area contributed by atoms with Gasteiger partial charge in [-0.05, 0) is 92.9 Å². The van der Waals surface area contributed by atoms with Crippen LogP contribution in [0.1, 0.15) is 50.4 Å². The molecule has 7 heteroatoms. The molecule has 1 atom stereocenters. The van der Waals surface area contributed by atoms with E-state index in [-0.39, 0.29) is 12.3 Å².